The monoisotopic (exact) mass is 321 g/mol. The highest BCUT2D eigenvalue weighted by Crippen LogP contribution is 2.35. The summed E-state index contributed by atoms with van der Waals surface area (Å²) >= 11 is 0. The van der Waals surface area contributed by atoms with Gasteiger partial charge in [0.25, 0.3) is 0 Å². The number of hydrogen-bond acceptors (Lipinski definition) is 4. The average Bonchev–Trinajstić information content (AvgIpc) is 2.59. The number of carboxylic acids is 1. The molecule has 1 N–H and O–H groups in total. The molecule has 2 rings (SSSR count). The maximum absolute atomic E-state index is 12.7. The Kier molecular flexibility index (Phi) is 5.47. The van der Waals surface area contributed by atoms with Crippen LogP contribution in [-0.4, -0.2) is 38.3 Å². The quantitative estimate of drug-likeness (QED) is 0.902. The summed E-state index contributed by atoms with van der Waals surface area (Å²) in [6, 6.07) is 5.31. The van der Waals surface area contributed by atoms with E-state index in [9.17, 15) is 9.59 Å². The van der Waals surface area contributed by atoms with E-state index in [0.717, 1.165) is 0 Å². The highest BCUT2D eigenvalue weighted by molar-refractivity contribution is 5.96. The van der Waals surface area contributed by atoms with Crippen LogP contribution in [0.4, 0.5) is 5.69 Å². The number of hydrogen-bond donors (Lipinski definition) is 1. The van der Waals surface area contributed by atoms with Crippen LogP contribution >= 0.6 is 0 Å². The molecule has 1 aromatic rings. The van der Waals surface area contributed by atoms with Crippen LogP contribution in [0.3, 0.4) is 0 Å². The minimum absolute atomic E-state index is 0.00249. The molecule has 0 radical (unpaired) electrons. The topological polar surface area (TPSA) is 76.1 Å². The van der Waals surface area contributed by atoms with E-state index in [4.69, 9.17) is 14.6 Å². The van der Waals surface area contributed by atoms with Gasteiger partial charge in [0.1, 0.15) is 11.5 Å². The Morgan fingerprint density at radius 3 is 2.22 bits per heavy atom. The van der Waals surface area contributed by atoms with Gasteiger partial charge in [-0.2, -0.15) is 0 Å². The number of nitrogens with zero attached hydrogens (tertiary/aromatic N) is 1. The van der Waals surface area contributed by atoms with Gasteiger partial charge in [-0.3, -0.25) is 9.59 Å². The van der Waals surface area contributed by atoms with E-state index in [0.29, 0.717) is 42.9 Å². The van der Waals surface area contributed by atoms with Gasteiger partial charge < -0.3 is 19.5 Å². The highest BCUT2D eigenvalue weighted by Gasteiger charge is 2.32. The number of amides is 1. The summed E-state index contributed by atoms with van der Waals surface area (Å²) in [4.78, 5) is 25.3. The van der Waals surface area contributed by atoms with Gasteiger partial charge >= 0.3 is 5.97 Å². The molecule has 0 heterocycles. The van der Waals surface area contributed by atoms with E-state index in [-0.39, 0.29) is 17.7 Å². The zero-order chi connectivity index (χ0) is 17.0. The van der Waals surface area contributed by atoms with E-state index < -0.39 is 5.97 Å². The molecule has 0 atom stereocenters. The zero-order valence-corrected chi connectivity index (χ0v) is 13.7. The van der Waals surface area contributed by atoms with Crippen LogP contribution in [0.5, 0.6) is 11.5 Å². The molecule has 1 saturated carbocycles. The van der Waals surface area contributed by atoms with Crippen molar-refractivity contribution in [1.82, 2.24) is 0 Å². The predicted octanol–water partition coefficient (Wildman–Crippen LogP) is 2.56. The number of carbonyl (C=O) groups excluding carboxylic acids is 1. The van der Waals surface area contributed by atoms with Crippen molar-refractivity contribution < 1.29 is 24.2 Å². The molecule has 6 nitrogen and oxygen atoms in total. The van der Waals surface area contributed by atoms with Gasteiger partial charge in [0.05, 0.1) is 25.8 Å². The van der Waals surface area contributed by atoms with Crippen LogP contribution in [0.2, 0.25) is 0 Å². The third kappa shape index (κ3) is 3.75. The van der Waals surface area contributed by atoms with E-state index >= 15 is 0 Å². The van der Waals surface area contributed by atoms with Crippen LogP contribution in [-0.2, 0) is 9.59 Å². The van der Waals surface area contributed by atoms with Crippen molar-refractivity contribution in [2.24, 2.45) is 11.8 Å². The molecule has 0 unspecified atom stereocenters. The van der Waals surface area contributed by atoms with E-state index in [1.54, 1.807) is 44.4 Å². The standard InChI is InChI=1S/C17H23NO5/c1-18(14-9-8-13(22-2)10-15(14)23-3)16(19)11-4-6-12(7-5-11)17(20)21/h8-12H,4-7H2,1-3H3,(H,20,21). The van der Waals surface area contributed by atoms with Crippen molar-refractivity contribution >= 4 is 17.6 Å². The fourth-order valence-corrected chi connectivity index (χ4v) is 3.04. The summed E-state index contributed by atoms with van der Waals surface area (Å²) in [6.07, 6.45) is 2.33. The Morgan fingerprint density at radius 2 is 1.70 bits per heavy atom. The zero-order valence-electron chi connectivity index (χ0n) is 13.7. The van der Waals surface area contributed by atoms with Crippen LogP contribution < -0.4 is 14.4 Å². The Balaban J connectivity index is 2.10. The first kappa shape index (κ1) is 17.1. The molecule has 1 fully saturated rings. The first-order valence-electron chi connectivity index (χ1n) is 7.70. The number of ether oxygens (including phenoxy) is 2. The second-order valence-electron chi connectivity index (χ2n) is 5.82. The average molecular weight is 321 g/mol. The molecule has 0 saturated heterocycles. The van der Waals surface area contributed by atoms with E-state index in [1.807, 2.05) is 0 Å². The summed E-state index contributed by atoms with van der Waals surface area (Å²) in [7, 11) is 4.84. The van der Waals surface area contributed by atoms with Gasteiger partial charge in [0, 0.05) is 19.0 Å². The van der Waals surface area contributed by atoms with Crippen LogP contribution in [0.15, 0.2) is 18.2 Å². The minimum atomic E-state index is -0.763. The molecule has 23 heavy (non-hydrogen) atoms. The number of methoxy groups -OCH3 is 2. The van der Waals surface area contributed by atoms with Crippen molar-refractivity contribution in [3.05, 3.63) is 18.2 Å². The van der Waals surface area contributed by atoms with Crippen molar-refractivity contribution in [2.45, 2.75) is 25.7 Å². The summed E-state index contributed by atoms with van der Waals surface area (Å²) in [6.45, 7) is 0. The fraction of sp³-hybridized carbons (Fsp3) is 0.529. The SMILES string of the molecule is COc1ccc(N(C)C(=O)C2CCC(C(=O)O)CC2)c(OC)c1. The Labute approximate surface area is 136 Å². The van der Waals surface area contributed by atoms with Crippen molar-refractivity contribution in [3.8, 4) is 11.5 Å². The largest absolute Gasteiger partial charge is 0.497 e. The Morgan fingerprint density at radius 1 is 1.09 bits per heavy atom. The number of rotatable bonds is 5. The normalized spacial score (nSPS) is 20.7. The lowest BCUT2D eigenvalue weighted by atomic mass is 9.81. The van der Waals surface area contributed by atoms with Gasteiger partial charge in [0.2, 0.25) is 5.91 Å². The van der Waals surface area contributed by atoms with Crippen LogP contribution in [0, 0.1) is 11.8 Å². The number of carboxylic acid groups (broad SMARTS) is 1. The van der Waals surface area contributed by atoms with E-state index in [2.05, 4.69) is 0 Å². The Hall–Kier alpha value is -2.24. The third-order valence-corrected chi connectivity index (χ3v) is 4.50. The van der Waals surface area contributed by atoms with Crippen molar-refractivity contribution in [1.29, 1.82) is 0 Å². The maximum Gasteiger partial charge on any atom is 0.306 e. The molecule has 0 spiro atoms. The molecule has 0 bridgehead atoms. The van der Waals surface area contributed by atoms with Crippen LogP contribution in [0.25, 0.3) is 0 Å². The van der Waals surface area contributed by atoms with Crippen molar-refractivity contribution in [2.75, 3.05) is 26.2 Å². The van der Waals surface area contributed by atoms with E-state index in [1.165, 1.54) is 0 Å². The smallest absolute Gasteiger partial charge is 0.306 e. The lowest BCUT2D eigenvalue weighted by Gasteiger charge is -2.29. The molecule has 0 aromatic heterocycles. The number of aliphatic carboxylic acids is 1. The minimum Gasteiger partial charge on any atom is -0.497 e. The first-order valence-corrected chi connectivity index (χ1v) is 7.70. The maximum atomic E-state index is 12.7. The summed E-state index contributed by atoms with van der Waals surface area (Å²) in [5, 5.41) is 9.04. The summed E-state index contributed by atoms with van der Waals surface area (Å²) in [5.74, 6) is 0.00788. The van der Waals surface area contributed by atoms with Gasteiger partial charge in [-0.05, 0) is 37.8 Å². The second kappa shape index (κ2) is 7.35. The highest BCUT2D eigenvalue weighted by atomic mass is 16.5. The number of anilines is 1. The molecule has 1 aliphatic rings. The first-order chi connectivity index (χ1) is 11.0. The number of carbonyl (C=O) groups is 2. The molecule has 6 heteroatoms. The molecule has 1 amide bonds. The van der Waals surface area contributed by atoms with Crippen molar-refractivity contribution in [3.63, 3.8) is 0 Å². The Bertz CT molecular complexity index is 578. The van der Waals surface area contributed by atoms with Gasteiger partial charge in [-0.1, -0.05) is 0 Å². The molecule has 1 aliphatic carbocycles. The third-order valence-electron chi connectivity index (χ3n) is 4.50. The van der Waals surface area contributed by atoms with Gasteiger partial charge in [-0.25, -0.2) is 0 Å². The lowest BCUT2D eigenvalue weighted by Crippen LogP contribution is -2.36. The lowest BCUT2D eigenvalue weighted by molar-refractivity contribution is -0.143. The second-order valence-corrected chi connectivity index (χ2v) is 5.82. The van der Waals surface area contributed by atoms with Gasteiger partial charge in [-0.15, -0.1) is 0 Å². The summed E-state index contributed by atoms with van der Waals surface area (Å²) in [5.41, 5.74) is 0.679. The molecule has 126 valence electrons. The molecule has 1 aromatic carbocycles. The molecule has 0 aliphatic heterocycles. The fourth-order valence-electron chi connectivity index (χ4n) is 3.04. The van der Waals surface area contributed by atoms with Gasteiger partial charge in [0.15, 0.2) is 0 Å². The molecular formula is C17H23NO5. The summed E-state index contributed by atoms with van der Waals surface area (Å²) < 4.78 is 10.5. The molecular weight excluding hydrogens is 298 g/mol. The number of benzene rings is 1. The predicted molar refractivity (Wildman–Crippen MR) is 86.0 cm³/mol. The van der Waals surface area contributed by atoms with Crippen LogP contribution in [0.1, 0.15) is 25.7 Å².